The molecule has 8 heteroatoms. The molecule has 2 heterocycles. The highest BCUT2D eigenvalue weighted by molar-refractivity contribution is 6.06. The number of methoxy groups -OCH3 is 3. The SMILES string of the molecule is COc1cc2nccc(Oc3ccc4cc(NC(=O)c5cccnc5OC)ccc4c3)c2cc1OC. The summed E-state index contributed by atoms with van der Waals surface area (Å²) in [7, 11) is 4.66. The number of aromatic nitrogens is 2. The van der Waals surface area contributed by atoms with Crippen LogP contribution in [0.15, 0.2) is 79.1 Å². The second-order valence-electron chi connectivity index (χ2n) is 7.87. The minimum Gasteiger partial charge on any atom is -0.493 e. The number of pyridine rings is 2. The van der Waals surface area contributed by atoms with Crippen LogP contribution in [0, 0.1) is 0 Å². The third-order valence-electron chi connectivity index (χ3n) is 5.71. The van der Waals surface area contributed by atoms with Gasteiger partial charge in [0.1, 0.15) is 17.1 Å². The molecule has 0 saturated carbocycles. The van der Waals surface area contributed by atoms with E-state index in [1.54, 1.807) is 38.7 Å². The molecule has 0 saturated heterocycles. The first-order chi connectivity index (χ1) is 17.6. The van der Waals surface area contributed by atoms with E-state index >= 15 is 0 Å². The van der Waals surface area contributed by atoms with Crippen molar-refractivity contribution in [1.82, 2.24) is 9.97 Å². The predicted octanol–water partition coefficient (Wildman–Crippen LogP) is 5.85. The van der Waals surface area contributed by atoms with E-state index in [0.29, 0.717) is 34.2 Å². The second-order valence-corrected chi connectivity index (χ2v) is 7.87. The van der Waals surface area contributed by atoms with Crippen molar-refractivity contribution in [3.05, 3.63) is 84.7 Å². The Morgan fingerprint density at radius 3 is 2.33 bits per heavy atom. The molecule has 5 rings (SSSR count). The first-order valence-corrected chi connectivity index (χ1v) is 11.1. The van der Waals surface area contributed by atoms with Crippen LogP contribution >= 0.6 is 0 Å². The third-order valence-corrected chi connectivity index (χ3v) is 5.71. The second kappa shape index (κ2) is 9.79. The van der Waals surface area contributed by atoms with Crippen molar-refractivity contribution in [2.24, 2.45) is 0 Å². The molecule has 0 aliphatic carbocycles. The van der Waals surface area contributed by atoms with E-state index in [1.165, 1.54) is 7.11 Å². The molecule has 0 bridgehead atoms. The fourth-order valence-electron chi connectivity index (χ4n) is 3.95. The van der Waals surface area contributed by atoms with Crippen LogP contribution in [0.3, 0.4) is 0 Å². The summed E-state index contributed by atoms with van der Waals surface area (Å²) in [5.41, 5.74) is 1.76. The van der Waals surface area contributed by atoms with Crippen LogP contribution in [-0.4, -0.2) is 37.2 Å². The summed E-state index contributed by atoms with van der Waals surface area (Å²) in [6.45, 7) is 0. The topological polar surface area (TPSA) is 91.8 Å². The van der Waals surface area contributed by atoms with Crippen LogP contribution in [-0.2, 0) is 0 Å². The van der Waals surface area contributed by atoms with E-state index in [9.17, 15) is 4.79 Å². The van der Waals surface area contributed by atoms with Crippen molar-refractivity contribution in [3.63, 3.8) is 0 Å². The van der Waals surface area contributed by atoms with Gasteiger partial charge in [0.2, 0.25) is 5.88 Å². The normalized spacial score (nSPS) is 10.8. The Morgan fingerprint density at radius 2 is 1.53 bits per heavy atom. The first-order valence-electron chi connectivity index (χ1n) is 11.1. The number of hydrogen-bond acceptors (Lipinski definition) is 7. The van der Waals surface area contributed by atoms with Crippen molar-refractivity contribution < 1.29 is 23.7 Å². The average molecular weight is 482 g/mol. The van der Waals surface area contributed by atoms with Crippen LogP contribution in [0.25, 0.3) is 21.7 Å². The van der Waals surface area contributed by atoms with E-state index in [-0.39, 0.29) is 11.8 Å². The van der Waals surface area contributed by atoms with Crippen molar-refractivity contribution in [3.8, 4) is 28.9 Å². The van der Waals surface area contributed by atoms with E-state index in [1.807, 2.05) is 54.6 Å². The standard InChI is InChI=1S/C28H23N3O5/c1-33-25-15-22-23(16-26(25)34-2)29-12-10-24(22)36-20-9-7-17-13-19(8-6-18(17)14-20)31-27(32)21-5-4-11-30-28(21)35-3/h4-16H,1-3H3,(H,31,32). The molecular weight excluding hydrogens is 458 g/mol. The maximum absolute atomic E-state index is 12.7. The lowest BCUT2D eigenvalue weighted by molar-refractivity contribution is 0.102. The van der Waals surface area contributed by atoms with Gasteiger partial charge in [-0.25, -0.2) is 4.98 Å². The Balaban J connectivity index is 1.40. The number of amides is 1. The Labute approximate surface area is 207 Å². The van der Waals surface area contributed by atoms with Gasteiger partial charge < -0.3 is 24.3 Å². The Hall–Kier alpha value is -4.85. The molecule has 1 N–H and O–H groups in total. The third kappa shape index (κ3) is 4.44. The fourth-order valence-corrected chi connectivity index (χ4v) is 3.95. The summed E-state index contributed by atoms with van der Waals surface area (Å²) in [5.74, 6) is 2.49. The maximum Gasteiger partial charge on any atom is 0.261 e. The smallest absolute Gasteiger partial charge is 0.261 e. The number of carbonyl (C=O) groups is 1. The van der Waals surface area contributed by atoms with Crippen molar-refractivity contribution in [2.45, 2.75) is 0 Å². The van der Waals surface area contributed by atoms with Gasteiger partial charge in [0.05, 0.1) is 26.8 Å². The molecule has 0 spiro atoms. The van der Waals surface area contributed by atoms with Crippen molar-refractivity contribution in [2.75, 3.05) is 26.6 Å². The molecule has 2 aromatic heterocycles. The van der Waals surface area contributed by atoms with Gasteiger partial charge in [0.25, 0.3) is 5.91 Å². The zero-order chi connectivity index (χ0) is 25.1. The number of rotatable bonds is 7. The number of hydrogen-bond donors (Lipinski definition) is 1. The molecule has 1 amide bonds. The molecule has 5 aromatic rings. The number of anilines is 1. The Kier molecular flexibility index (Phi) is 6.23. The lowest BCUT2D eigenvalue weighted by Gasteiger charge is -2.13. The van der Waals surface area contributed by atoms with Gasteiger partial charge in [-0.1, -0.05) is 12.1 Å². The molecule has 0 radical (unpaired) electrons. The molecule has 0 unspecified atom stereocenters. The number of fused-ring (bicyclic) bond motifs is 2. The van der Waals surface area contributed by atoms with E-state index in [0.717, 1.165) is 21.7 Å². The molecular formula is C28H23N3O5. The zero-order valence-corrected chi connectivity index (χ0v) is 19.9. The molecule has 8 nitrogen and oxygen atoms in total. The largest absolute Gasteiger partial charge is 0.493 e. The monoisotopic (exact) mass is 481 g/mol. The number of nitrogens with zero attached hydrogens (tertiary/aromatic N) is 2. The molecule has 0 aliphatic rings. The van der Waals surface area contributed by atoms with Crippen LogP contribution in [0.2, 0.25) is 0 Å². The molecule has 0 atom stereocenters. The number of ether oxygens (including phenoxy) is 4. The summed E-state index contributed by atoms with van der Waals surface area (Å²) < 4.78 is 22.2. The highest BCUT2D eigenvalue weighted by Crippen LogP contribution is 2.37. The Bertz CT molecular complexity index is 1590. The van der Waals surface area contributed by atoms with Crippen LogP contribution in [0.1, 0.15) is 10.4 Å². The molecule has 0 aliphatic heterocycles. The summed E-state index contributed by atoms with van der Waals surface area (Å²) in [5, 5.41) is 5.61. The Morgan fingerprint density at radius 1 is 0.750 bits per heavy atom. The zero-order valence-electron chi connectivity index (χ0n) is 19.9. The van der Waals surface area contributed by atoms with Crippen LogP contribution < -0.4 is 24.3 Å². The summed E-state index contributed by atoms with van der Waals surface area (Å²) in [4.78, 5) is 21.2. The minimum atomic E-state index is -0.295. The van der Waals surface area contributed by atoms with E-state index < -0.39 is 0 Å². The lowest BCUT2D eigenvalue weighted by atomic mass is 10.1. The maximum atomic E-state index is 12.7. The van der Waals surface area contributed by atoms with Crippen molar-refractivity contribution >= 4 is 33.3 Å². The molecule has 0 fully saturated rings. The molecule has 3 aromatic carbocycles. The number of carbonyl (C=O) groups excluding carboxylic acids is 1. The predicted molar refractivity (Wildman–Crippen MR) is 138 cm³/mol. The van der Waals surface area contributed by atoms with Gasteiger partial charge in [-0.2, -0.15) is 0 Å². The van der Waals surface area contributed by atoms with Gasteiger partial charge in [0.15, 0.2) is 11.5 Å². The fraction of sp³-hybridized carbons (Fsp3) is 0.107. The van der Waals surface area contributed by atoms with Crippen LogP contribution in [0.4, 0.5) is 5.69 Å². The minimum absolute atomic E-state index is 0.275. The summed E-state index contributed by atoms with van der Waals surface area (Å²) in [6, 6.07) is 20.3. The molecule has 180 valence electrons. The van der Waals surface area contributed by atoms with E-state index in [2.05, 4.69) is 15.3 Å². The number of benzene rings is 3. The van der Waals surface area contributed by atoms with Crippen LogP contribution in [0.5, 0.6) is 28.9 Å². The molecule has 36 heavy (non-hydrogen) atoms. The van der Waals surface area contributed by atoms with E-state index in [4.69, 9.17) is 18.9 Å². The van der Waals surface area contributed by atoms with Gasteiger partial charge in [-0.3, -0.25) is 9.78 Å². The van der Waals surface area contributed by atoms with Gasteiger partial charge in [0, 0.05) is 29.5 Å². The first kappa shape index (κ1) is 22.9. The van der Waals surface area contributed by atoms with Gasteiger partial charge in [-0.15, -0.1) is 0 Å². The summed E-state index contributed by atoms with van der Waals surface area (Å²) >= 11 is 0. The van der Waals surface area contributed by atoms with Crippen molar-refractivity contribution in [1.29, 1.82) is 0 Å². The summed E-state index contributed by atoms with van der Waals surface area (Å²) in [6.07, 6.45) is 3.27. The highest BCUT2D eigenvalue weighted by atomic mass is 16.5. The van der Waals surface area contributed by atoms with Gasteiger partial charge in [-0.05, 0) is 59.3 Å². The quantitative estimate of drug-likeness (QED) is 0.312. The van der Waals surface area contributed by atoms with Gasteiger partial charge >= 0.3 is 0 Å². The lowest BCUT2D eigenvalue weighted by Crippen LogP contribution is -2.13. The average Bonchev–Trinajstić information content (AvgIpc) is 2.92. The highest BCUT2D eigenvalue weighted by Gasteiger charge is 2.14. The number of nitrogens with one attached hydrogen (secondary N) is 1.